The molecule has 4 aliphatic carbocycles. The van der Waals surface area contributed by atoms with Gasteiger partial charge in [-0.2, -0.15) is 0 Å². The van der Waals surface area contributed by atoms with E-state index in [-0.39, 0.29) is 12.2 Å². The van der Waals surface area contributed by atoms with Crippen LogP contribution in [0, 0.1) is 31.6 Å². The zero-order valence-electron chi connectivity index (χ0n) is 17.2. The molecule has 0 radical (unpaired) electrons. The van der Waals surface area contributed by atoms with Crippen molar-refractivity contribution in [1.82, 2.24) is 0 Å². The van der Waals surface area contributed by atoms with Crippen LogP contribution in [0.2, 0.25) is 0 Å². The van der Waals surface area contributed by atoms with E-state index in [9.17, 15) is 0 Å². The average molecular weight is 385 g/mol. The minimum atomic E-state index is 0.270. The number of hydrogen-bond acceptors (Lipinski definition) is 4. The second kappa shape index (κ2) is 6.37. The van der Waals surface area contributed by atoms with E-state index >= 15 is 0 Å². The molecule has 4 nitrogen and oxygen atoms in total. The van der Waals surface area contributed by atoms with Crippen molar-refractivity contribution in [3.63, 3.8) is 0 Å². The van der Waals surface area contributed by atoms with Crippen LogP contribution in [-0.2, 0) is 14.9 Å². The molecular formula is C24H32O4. The fraction of sp³-hybridized carbons (Fsp3) is 0.750. The maximum Gasteiger partial charge on any atom is 0.130 e. The van der Waals surface area contributed by atoms with Gasteiger partial charge in [0, 0.05) is 16.5 Å². The maximum atomic E-state index is 6.49. The fourth-order valence-corrected chi connectivity index (χ4v) is 6.95. The van der Waals surface area contributed by atoms with Crippen LogP contribution in [-0.4, -0.2) is 38.6 Å². The quantitative estimate of drug-likeness (QED) is 0.657. The van der Waals surface area contributed by atoms with Gasteiger partial charge in [-0.15, -0.1) is 0 Å². The molecule has 0 N–H and O–H groups in total. The minimum Gasteiger partial charge on any atom is -0.490 e. The molecule has 2 atom stereocenters. The van der Waals surface area contributed by atoms with E-state index in [0.29, 0.717) is 18.6 Å². The SMILES string of the molecule is Cc1cc(OCC2CO2)c(C)c(OCC2CO2)c1C12CC3CC(CC(C3)C1)C2. The van der Waals surface area contributed by atoms with Crippen molar-refractivity contribution in [2.75, 3.05) is 26.4 Å². The van der Waals surface area contributed by atoms with Gasteiger partial charge >= 0.3 is 0 Å². The Morgan fingerprint density at radius 2 is 1.43 bits per heavy atom. The molecule has 2 unspecified atom stereocenters. The molecule has 1 aromatic rings. The summed E-state index contributed by atoms with van der Waals surface area (Å²) in [6, 6.07) is 2.27. The van der Waals surface area contributed by atoms with Crippen molar-refractivity contribution in [3.05, 3.63) is 22.8 Å². The van der Waals surface area contributed by atoms with Crippen LogP contribution in [0.5, 0.6) is 11.5 Å². The summed E-state index contributed by atoms with van der Waals surface area (Å²) in [6.07, 6.45) is 8.99. The minimum absolute atomic E-state index is 0.270. The molecule has 0 amide bonds. The van der Waals surface area contributed by atoms with Crippen molar-refractivity contribution < 1.29 is 18.9 Å². The molecule has 7 rings (SSSR count). The van der Waals surface area contributed by atoms with Crippen LogP contribution in [0.4, 0.5) is 0 Å². The predicted octanol–water partition coefficient (Wildman–Crippen LogP) is 4.33. The highest BCUT2D eigenvalue weighted by Gasteiger charge is 2.53. The Bertz CT molecular complexity index is 742. The topological polar surface area (TPSA) is 43.5 Å². The Morgan fingerprint density at radius 3 is 1.96 bits per heavy atom. The monoisotopic (exact) mass is 384 g/mol. The molecule has 4 heteroatoms. The van der Waals surface area contributed by atoms with E-state index in [1.54, 1.807) is 0 Å². The van der Waals surface area contributed by atoms with Crippen molar-refractivity contribution in [3.8, 4) is 11.5 Å². The lowest BCUT2D eigenvalue weighted by Crippen LogP contribution is -2.49. The Hall–Kier alpha value is -1.26. The van der Waals surface area contributed by atoms with Crippen molar-refractivity contribution in [2.24, 2.45) is 17.8 Å². The molecule has 2 aliphatic heterocycles. The standard InChI is InChI=1S/C24H32O4/c1-14-3-21(27-12-19-10-25-19)15(2)23(28-13-20-11-26-20)22(14)24-7-16-4-17(8-24)6-18(5-16)9-24/h3,16-20H,4-13H2,1-2H3. The number of hydrogen-bond donors (Lipinski definition) is 0. The summed E-state index contributed by atoms with van der Waals surface area (Å²) < 4.78 is 23.4. The van der Waals surface area contributed by atoms with Gasteiger partial charge in [0.05, 0.1) is 13.2 Å². The van der Waals surface area contributed by atoms with Gasteiger partial charge in [0.2, 0.25) is 0 Å². The summed E-state index contributed by atoms with van der Waals surface area (Å²) in [5.74, 6) is 4.84. The average Bonchev–Trinajstić information content (AvgIpc) is 3.54. The Morgan fingerprint density at radius 1 is 0.893 bits per heavy atom. The molecule has 6 fully saturated rings. The highest BCUT2D eigenvalue weighted by molar-refractivity contribution is 5.57. The molecule has 4 bridgehead atoms. The van der Waals surface area contributed by atoms with Crippen molar-refractivity contribution in [2.45, 2.75) is 70.0 Å². The van der Waals surface area contributed by atoms with Gasteiger partial charge in [-0.05, 0) is 81.8 Å². The van der Waals surface area contributed by atoms with Crippen LogP contribution < -0.4 is 9.47 Å². The zero-order chi connectivity index (χ0) is 18.9. The van der Waals surface area contributed by atoms with E-state index in [1.165, 1.54) is 49.7 Å². The van der Waals surface area contributed by atoms with Crippen LogP contribution in [0.15, 0.2) is 6.07 Å². The zero-order valence-corrected chi connectivity index (χ0v) is 17.2. The molecule has 28 heavy (non-hydrogen) atoms. The lowest BCUT2D eigenvalue weighted by atomic mass is 9.47. The Balaban J connectivity index is 1.39. The van der Waals surface area contributed by atoms with Gasteiger partial charge in [0.1, 0.15) is 36.9 Å². The second-order valence-corrected chi connectivity index (χ2v) is 10.3. The van der Waals surface area contributed by atoms with E-state index in [4.69, 9.17) is 18.9 Å². The van der Waals surface area contributed by atoms with Crippen molar-refractivity contribution >= 4 is 0 Å². The summed E-state index contributed by atoms with van der Waals surface area (Å²) >= 11 is 0. The number of aryl methyl sites for hydroxylation is 1. The smallest absolute Gasteiger partial charge is 0.130 e. The summed E-state index contributed by atoms with van der Waals surface area (Å²) in [4.78, 5) is 0. The third-order valence-corrected chi connectivity index (χ3v) is 7.89. The molecule has 152 valence electrons. The Labute approximate surface area is 167 Å². The molecule has 0 spiro atoms. The normalized spacial score (nSPS) is 39.9. The molecule has 0 aromatic heterocycles. The number of rotatable bonds is 7. The lowest BCUT2D eigenvalue weighted by molar-refractivity contribution is -0.00681. The van der Waals surface area contributed by atoms with Gasteiger partial charge in [-0.1, -0.05) is 0 Å². The second-order valence-electron chi connectivity index (χ2n) is 10.3. The summed E-state index contributed by atoms with van der Waals surface area (Å²) in [5.41, 5.74) is 4.34. The van der Waals surface area contributed by atoms with Gasteiger partial charge in [-0.25, -0.2) is 0 Å². The number of ether oxygens (including phenoxy) is 4. The third-order valence-electron chi connectivity index (χ3n) is 7.89. The van der Waals surface area contributed by atoms with Gasteiger partial charge in [0.25, 0.3) is 0 Å². The van der Waals surface area contributed by atoms with E-state index < -0.39 is 0 Å². The third kappa shape index (κ3) is 3.04. The van der Waals surface area contributed by atoms with Crippen LogP contribution in [0.1, 0.15) is 55.2 Å². The Kier molecular flexibility index (Phi) is 4.00. The van der Waals surface area contributed by atoms with Crippen LogP contribution in [0.25, 0.3) is 0 Å². The van der Waals surface area contributed by atoms with Crippen LogP contribution >= 0.6 is 0 Å². The fourth-order valence-electron chi connectivity index (χ4n) is 6.95. The molecule has 2 saturated heterocycles. The molecule has 2 heterocycles. The number of epoxide rings is 2. The summed E-state index contributed by atoms with van der Waals surface area (Å²) in [5, 5.41) is 0. The van der Waals surface area contributed by atoms with Gasteiger partial charge in [0.15, 0.2) is 0 Å². The highest BCUT2D eigenvalue weighted by Crippen LogP contribution is 2.63. The van der Waals surface area contributed by atoms with Crippen LogP contribution in [0.3, 0.4) is 0 Å². The largest absolute Gasteiger partial charge is 0.490 e. The molecule has 1 aromatic carbocycles. The first-order chi connectivity index (χ1) is 13.6. The first-order valence-electron chi connectivity index (χ1n) is 11.2. The predicted molar refractivity (Wildman–Crippen MR) is 106 cm³/mol. The summed E-state index contributed by atoms with van der Waals surface area (Å²) in [7, 11) is 0. The number of benzene rings is 1. The van der Waals surface area contributed by atoms with Gasteiger partial charge in [-0.3, -0.25) is 0 Å². The summed E-state index contributed by atoms with van der Waals surface area (Å²) in [6.45, 7) is 7.41. The molecular weight excluding hydrogens is 352 g/mol. The van der Waals surface area contributed by atoms with E-state index in [0.717, 1.165) is 48.0 Å². The first kappa shape index (κ1) is 17.6. The lowest BCUT2D eigenvalue weighted by Gasteiger charge is -2.57. The van der Waals surface area contributed by atoms with Gasteiger partial charge < -0.3 is 18.9 Å². The molecule has 4 saturated carbocycles. The van der Waals surface area contributed by atoms with E-state index in [2.05, 4.69) is 19.9 Å². The van der Waals surface area contributed by atoms with E-state index in [1.807, 2.05) is 0 Å². The highest BCUT2D eigenvalue weighted by atomic mass is 16.6. The van der Waals surface area contributed by atoms with Crippen molar-refractivity contribution in [1.29, 1.82) is 0 Å². The maximum absolute atomic E-state index is 6.49. The first-order valence-corrected chi connectivity index (χ1v) is 11.2. The molecule has 6 aliphatic rings.